The van der Waals surface area contributed by atoms with Crippen LogP contribution >= 0.6 is 24.0 Å². The molecule has 0 saturated carbocycles. The molecule has 0 aliphatic rings. The van der Waals surface area contributed by atoms with E-state index in [2.05, 4.69) is 25.8 Å². The van der Waals surface area contributed by atoms with Gasteiger partial charge < -0.3 is 24.3 Å². The van der Waals surface area contributed by atoms with E-state index in [0.717, 1.165) is 29.6 Å². The molecule has 0 fully saturated rings. The number of aliphatic imine (C=N–C) groups is 1. The molecule has 0 saturated heterocycles. The van der Waals surface area contributed by atoms with Crippen LogP contribution in [0.3, 0.4) is 0 Å². The van der Waals surface area contributed by atoms with Crippen LogP contribution in [0.2, 0.25) is 0 Å². The second kappa shape index (κ2) is 10.9. The summed E-state index contributed by atoms with van der Waals surface area (Å²) in [4.78, 5) is 6.47. The van der Waals surface area contributed by atoms with Gasteiger partial charge in [0.25, 0.3) is 0 Å². The van der Waals surface area contributed by atoms with Gasteiger partial charge in [0.2, 0.25) is 0 Å². The highest BCUT2D eigenvalue weighted by Crippen LogP contribution is 2.27. The van der Waals surface area contributed by atoms with Crippen LogP contribution in [0, 0.1) is 0 Å². The monoisotopic (exact) mass is 472 g/mol. The fraction of sp³-hybridized carbons (Fsp3) is 0.421. The predicted molar refractivity (Wildman–Crippen MR) is 117 cm³/mol. The average molecular weight is 472 g/mol. The van der Waals surface area contributed by atoms with E-state index in [1.165, 1.54) is 5.69 Å². The highest BCUT2D eigenvalue weighted by atomic mass is 127. The van der Waals surface area contributed by atoms with Crippen molar-refractivity contribution in [3.05, 3.63) is 47.8 Å². The smallest absolute Gasteiger partial charge is 0.194 e. The van der Waals surface area contributed by atoms with E-state index >= 15 is 0 Å². The van der Waals surface area contributed by atoms with Crippen LogP contribution in [-0.2, 0) is 20.1 Å². The fourth-order valence-corrected chi connectivity index (χ4v) is 2.64. The van der Waals surface area contributed by atoms with Gasteiger partial charge >= 0.3 is 0 Å². The summed E-state index contributed by atoms with van der Waals surface area (Å²) in [5, 5.41) is 3.39. The molecule has 1 N–H and O–H groups in total. The first kappa shape index (κ1) is 22.1. The number of hydrogen-bond acceptors (Lipinski definition) is 3. The zero-order chi connectivity index (χ0) is 18.2. The Labute approximate surface area is 173 Å². The first-order valence-corrected chi connectivity index (χ1v) is 8.40. The van der Waals surface area contributed by atoms with E-state index in [0.29, 0.717) is 13.2 Å². The molecule has 6 nitrogen and oxygen atoms in total. The molecule has 0 atom stereocenters. The zero-order valence-electron chi connectivity index (χ0n) is 16.2. The van der Waals surface area contributed by atoms with Gasteiger partial charge in [0.15, 0.2) is 17.5 Å². The Kier molecular flexibility index (Phi) is 9.32. The minimum atomic E-state index is 0. The van der Waals surface area contributed by atoms with Crippen LogP contribution in [0.5, 0.6) is 11.5 Å². The maximum Gasteiger partial charge on any atom is 0.194 e. The third-order valence-corrected chi connectivity index (χ3v) is 4.00. The molecule has 2 aromatic rings. The van der Waals surface area contributed by atoms with Crippen LogP contribution in [0.1, 0.15) is 18.2 Å². The SMILES string of the molecule is CCOc1ccc(CNC(=NC)N(C)Cc2cccn2C)cc1OC.I. The van der Waals surface area contributed by atoms with E-state index in [1.807, 2.05) is 51.5 Å². The largest absolute Gasteiger partial charge is 0.493 e. The maximum absolute atomic E-state index is 5.56. The molecule has 0 spiro atoms. The van der Waals surface area contributed by atoms with E-state index in [4.69, 9.17) is 9.47 Å². The Morgan fingerprint density at radius 3 is 2.62 bits per heavy atom. The summed E-state index contributed by atoms with van der Waals surface area (Å²) in [5.41, 5.74) is 2.34. The van der Waals surface area contributed by atoms with Gasteiger partial charge in [-0.15, -0.1) is 24.0 Å². The molecule has 0 unspecified atom stereocenters. The number of nitrogens with zero attached hydrogens (tertiary/aromatic N) is 3. The molecule has 2 rings (SSSR count). The summed E-state index contributed by atoms with van der Waals surface area (Å²) >= 11 is 0. The van der Waals surface area contributed by atoms with Crippen LogP contribution < -0.4 is 14.8 Å². The van der Waals surface area contributed by atoms with Crippen molar-refractivity contribution in [3.8, 4) is 11.5 Å². The van der Waals surface area contributed by atoms with Crippen molar-refractivity contribution >= 4 is 29.9 Å². The summed E-state index contributed by atoms with van der Waals surface area (Å²) in [6, 6.07) is 10.1. The summed E-state index contributed by atoms with van der Waals surface area (Å²) in [6.07, 6.45) is 2.05. The second-order valence-corrected chi connectivity index (χ2v) is 5.79. The predicted octanol–water partition coefficient (Wildman–Crippen LogP) is 3.26. The van der Waals surface area contributed by atoms with Crippen LogP contribution in [0.4, 0.5) is 0 Å². The summed E-state index contributed by atoms with van der Waals surface area (Å²) in [5.74, 6) is 2.35. The molecule has 1 aromatic carbocycles. The molecule has 0 radical (unpaired) electrons. The van der Waals surface area contributed by atoms with Crippen LogP contribution in [0.25, 0.3) is 0 Å². The van der Waals surface area contributed by atoms with E-state index in [-0.39, 0.29) is 24.0 Å². The van der Waals surface area contributed by atoms with Crippen LogP contribution in [-0.4, -0.2) is 43.2 Å². The molecule has 0 aliphatic carbocycles. The lowest BCUT2D eigenvalue weighted by Gasteiger charge is -2.22. The summed E-state index contributed by atoms with van der Waals surface area (Å²) in [7, 11) is 7.52. The number of aryl methyl sites for hydroxylation is 1. The minimum absolute atomic E-state index is 0. The maximum atomic E-state index is 5.56. The standard InChI is InChI=1S/C19H28N4O2.HI/c1-6-25-17-10-9-15(12-18(17)24-5)13-21-19(20-2)23(4)14-16-8-7-11-22(16)3;/h7-12H,6,13-14H2,1-5H3,(H,20,21);1H. The third kappa shape index (κ3) is 5.82. The van der Waals surface area contributed by atoms with Crippen molar-refractivity contribution in [1.29, 1.82) is 0 Å². The molecular weight excluding hydrogens is 443 g/mol. The lowest BCUT2D eigenvalue weighted by Crippen LogP contribution is -2.38. The van der Waals surface area contributed by atoms with Crippen molar-refractivity contribution < 1.29 is 9.47 Å². The molecule has 0 bridgehead atoms. The normalized spacial score (nSPS) is 10.9. The van der Waals surface area contributed by atoms with Crippen molar-refractivity contribution in [2.24, 2.45) is 12.0 Å². The van der Waals surface area contributed by atoms with Gasteiger partial charge in [-0.2, -0.15) is 0 Å². The Morgan fingerprint density at radius 2 is 2.04 bits per heavy atom. The van der Waals surface area contributed by atoms with Crippen molar-refractivity contribution in [2.45, 2.75) is 20.0 Å². The number of ether oxygens (including phenoxy) is 2. The highest BCUT2D eigenvalue weighted by molar-refractivity contribution is 14.0. The van der Waals surface area contributed by atoms with Crippen LogP contribution in [0.15, 0.2) is 41.5 Å². The van der Waals surface area contributed by atoms with Gasteiger partial charge in [-0.3, -0.25) is 4.99 Å². The second-order valence-electron chi connectivity index (χ2n) is 5.79. The number of benzene rings is 1. The zero-order valence-corrected chi connectivity index (χ0v) is 18.5. The number of aromatic nitrogens is 1. The lowest BCUT2D eigenvalue weighted by molar-refractivity contribution is 0.310. The molecule has 144 valence electrons. The number of halogens is 1. The molecular formula is C19H29IN4O2. The molecule has 7 heteroatoms. The average Bonchev–Trinajstić information content (AvgIpc) is 3.01. The van der Waals surface area contributed by atoms with E-state index in [1.54, 1.807) is 14.2 Å². The van der Waals surface area contributed by atoms with Gasteiger partial charge in [-0.1, -0.05) is 6.07 Å². The quantitative estimate of drug-likeness (QED) is 0.382. The summed E-state index contributed by atoms with van der Waals surface area (Å²) in [6.45, 7) is 4.02. The van der Waals surface area contributed by atoms with Gasteiger partial charge in [0.05, 0.1) is 20.3 Å². The molecule has 26 heavy (non-hydrogen) atoms. The van der Waals surface area contributed by atoms with Gasteiger partial charge in [0, 0.05) is 39.6 Å². The molecule has 1 heterocycles. The number of methoxy groups -OCH3 is 1. The number of nitrogens with one attached hydrogen (secondary N) is 1. The first-order valence-electron chi connectivity index (χ1n) is 8.40. The van der Waals surface area contributed by atoms with Crippen molar-refractivity contribution in [1.82, 2.24) is 14.8 Å². The lowest BCUT2D eigenvalue weighted by atomic mass is 10.2. The molecule has 0 amide bonds. The van der Waals surface area contributed by atoms with Crippen molar-refractivity contribution in [2.75, 3.05) is 27.8 Å². The number of rotatable bonds is 7. The van der Waals surface area contributed by atoms with Gasteiger partial charge in [0.1, 0.15) is 0 Å². The fourth-order valence-electron chi connectivity index (χ4n) is 2.64. The van der Waals surface area contributed by atoms with E-state index < -0.39 is 0 Å². The minimum Gasteiger partial charge on any atom is -0.493 e. The Balaban J connectivity index is 0.00000338. The Hall–Kier alpha value is -1.90. The molecule has 1 aromatic heterocycles. The molecule has 0 aliphatic heterocycles. The Bertz CT molecular complexity index is 715. The third-order valence-electron chi connectivity index (χ3n) is 4.00. The van der Waals surface area contributed by atoms with Gasteiger partial charge in [-0.25, -0.2) is 0 Å². The topological polar surface area (TPSA) is 51.0 Å². The first-order chi connectivity index (χ1) is 12.1. The summed E-state index contributed by atoms with van der Waals surface area (Å²) < 4.78 is 13.1. The van der Waals surface area contributed by atoms with Gasteiger partial charge in [-0.05, 0) is 36.8 Å². The Morgan fingerprint density at radius 1 is 1.27 bits per heavy atom. The number of hydrogen-bond donors (Lipinski definition) is 1. The van der Waals surface area contributed by atoms with E-state index in [9.17, 15) is 0 Å². The highest BCUT2D eigenvalue weighted by Gasteiger charge is 2.10. The van der Waals surface area contributed by atoms with Crippen molar-refractivity contribution in [3.63, 3.8) is 0 Å². The number of guanidine groups is 1.